The predicted octanol–water partition coefficient (Wildman–Crippen LogP) is 3.23. The van der Waals surface area contributed by atoms with Crippen molar-refractivity contribution >= 4 is 0 Å². The highest BCUT2D eigenvalue weighted by Crippen LogP contribution is 2.31. The summed E-state index contributed by atoms with van der Waals surface area (Å²) in [6.45, 7) is 9.83. The molecule has 2 rings (SSSR count). The lowest BCUT2D eigenvalue weighted by Crippen LogP contribution is -2.38. The number of likely N-dealkylation sites (N-methyl/N-ethyl adjacent to an activating group) is 2. The summed E-state index contributed by atoms with van der Waals surface area (Å²) < 4.78 is 0. The lowest BCUT2D eigenvalue weighted by atomic mass is 9.80. The van der Waals surface area contributed by atoms with Gasteiger partial charge in [-0.05, 0) is 51.2 Å². The molecule has 106 valence electrons. The maximum atomic E-state index is 2.66. The van der Waals surface area contributed by atoms with Crippen molar-refractivity contribution < 1.29 is 0 Å². The Bertz CT molecular complexity index is 233. The lowest BCUT2D eigenvalue weighted by molar-refractivity contribution is 0.164. The fourth-order valence-corrected chi connectivity index (χ4v) is 3.84. The zero-order chi connectivity index (χ0) is 13.0. The van der Waals surface area contributed by atoms with E-state index in [-0.39, 0.29) is 0 Å². The van der Waals surface area contributed by atoms with Crippen LogP contribution in [0.15, 0.2) is 0 Å². The van der Waals surface area contributed by atoms with Crippen LogP contribution in [0.2, 0.25) is 0 Å². The smallest absolute Gasteiger partial charge is 0.0232 e. The summed E-state index contributed by atoms with van der Waals surface area (Å²) in [7, 11) is 2.36. The van der Waals surface area contributed by atoms with Gasteiger partial charge in [-0.25, -0.2) is 0 Å². The standard InChI is InChI=1S/C16H32N2/c1-4-14-6-8-15(9-7-14)12-17(3)16-10-11-18(5-2)13-16/h14-16H,4-13H2,1-3H3. The highest BCUT2D eigenvalue weighted by atomic mass is 15.2. The molecule has 0 aromatic heterocycles. The Balaban J connectivity index is 1.70. The molecular formula is C16H32N2. The molecule has 0 aromatic rings. The van der Waals surface area contributed by atoms with Gasteiger partial charge in [0.1, 0.15) is 0 Å². The Kier molecular flexibility index (Phi) is 5.50. The minimum Gasteiger partial charge on any atom is -0.302 e. The molecule has 1 saturated carbocycles. The molecule has 2 nitrogen and oxygen atoms in total. The van der Waals surface area contributed by atoms with Crippen LogP contribution in [0.4, 0.5) is 0 Å². The molecule has 1 saturated heterocycles. The number of rotatable bonds is 5. The second kappa shape index (κ2) is 6.91. The van der Waals surface area contributed by atoms with Crippen LogP contribution >= 0.6 is 0 Å². The van der Waals surface area contributed by atoms with Crippen molar-refractivity contribution in [3.8, 4) is 0 Å². The Morgan fingerprint density at radius 3 is 2.22 bits per heavy atom. The molecule has 2 aliphatic rings. The van der Waals surface area contributed by atoms with Crippen molar-refractivity contribution in [2.24, 2.45) is 11.8 Å². The largest absolute Gasteiger partial charge is 0.302 e. The van der Waals surface area contributed by atoms with Gasteiger partial charge >= 0.3 is 0 Å². The molecular weight excluding hydrogens is 220 g/mol. The molecule has 1 aliphatic heterocycles. The molecule has 0 bridgehead atoms. The molecule has 18 heavy (non-hydrogen) atoms. The number of hydrogen-bond donors (Lipinski definition) is 0. The van der Waals surface area contributed by atoms with Gasteiger partial charge in [0.15, 0.2) is 0 Å². The van der Waals surface area contributed by atoms with Crippen LogP contribution in [0.3, 0.4) is 0 Å². The van der Waals surface area contributed by atoms with Crippen molar-refractivity contribution in [2.75, 3.05) is 33.2 Å². The number of likely N-dealkylation sites (tertiary alicyclic amines) is 1. The first-order valence-corrected chi connectivity index (χ1v) is 8.15. The highest BCUT2D eigenvalue weighted by molar-refractivity contribution is 4.83. The van der Waals surface area contributed by atoms with Crippen LogP contribution < -0.4 is 0 Å². The number of hydrogen-bond acceptors (Lipinski definition) is 2. The Morgan fingerprint density at radius 2 is 1.67 bits per heavy atom. The van der Waals surface area contributed by atoms with Crippen LogP contribution in [-0.4, -0.2) is 49.1 Å². The van der Waals surface area contributed by atoms with E-state index >= 15 is 0 Å². The van der Waals surface area contributed by atoms with E-state index in [0.29, 0.717) is 0 Å². The first kappa shape index (κ1) is 14.3. The molecule has 1 heterocycles. The summed E-state index contributed by atoms with van der Waals surface area (Å²) >= 11 is 0. The van der Waals surface area contributed by atoms with E-state index < -0.39 is 0 Å². The summed E-state index contributed by atoms with van der Waals surface area (Å²) in [4.78, 5) is 5.25. The van der Waals surface area contributed by atoms with Crippen molar-refractivity contribution in [2.45, 2.75) is 58.4 Å². The molecule has 0 spiro atoms. The van der Waals surface area contributed by atoms with Crippen LogP contribution in [0, 0.1) is 11.8 Å². The zero-order valence-corrected chi connectivity index (χ0v) is 12.7. The van der Waals surface area contributed by atoms with E-state index in [2.05, 4.69) is 30.7 Å². The summed E-state index contributed by atoms with van der Waals surface area (Å²) in [6.07, 6.45) is 8.72. The van der Waals surface area contributed by atoms with E-state index in [4.69, 9.17) is 0 Å². The normalized spacial score (nSPS) is 34.3. The van der Waals surface area contributed by atoms with Gasteiger partial charge in [0, 0.05) is 19.1 Å². The van der Waals surface area contributed by atoms with Crippen LogP contribution in [-0.2, 0) is 0 Å². The van der Waals surface area contributed by atoms with Gasteiger partial charge < -0.3 is 9.80 Å². The number of nitrogens with zero attached hydrogens (tertiary/aromatic N) is 2. The second-order valence-electron chi connectivity index (χ2n) is 6.57. The van der Waals surface area contributed by atoms with Gasteiger partial charge in [-0.15, -0.1) is 0 Å². The minimum atomic E-state index is 0.828. The molecule has 0 N–H and O–H groups in total. The van der Waals surface area contributed by atoms with Gasteiger partial charge in [0.05, 0.1) is 0 Å². The van der Waals surface area contributed by atoms with Gasteiger partial charge in [-0.1, -0.05) is 33.1 Å². The third kappa shape index (κ3) is 3.71. The summed E-state index contributed by atoms with van der Waals surface area (Å²) in [6, 6.07) is 0.828. The van der Waals surface area contributed by atoms with E-state index in [0.717, 1.165) is 17.9 Å². The topological polar surface area (TPSA) is 6.48 Å². The molecule has 1 aliphatic carbocycles. The zero-order valence-electron chi connectivity index (χ0n) is 12.7. The predicted molar refractivity (Wildman–Crippen MR) is 78.9 cm³/mol. The van der Waals surface area contributed by atoms with Crippen molar-refractivity contribution in [1.82, 2.24) is 9.80 Å². The van der Waals surface area contributed by atoms with Gasteiger partial charge in [0.25, 0.3) is 0 Å². The monoisotopic (exact) mass is 252 g/mol. The highest BCUT2D eigenvalue weighted by Gasteiger charge is 2.27. The fourth-order valence-electron chi connectivity index (χ4n) is 3.84. The van der Waals surface area contributed by atoms with Crippen molar-refractivity contribution in [3.63, 3.8) is 0 Å². The van der Waals surface area contributed by atoms with Gasteiger partial charge in [0.2, 0.25) is 0 Å². The average Bonchev–Trinajstić information content (AvgIpc) is 2.88. The Labute approximate surface area is 114 Å². The molecule has 0 radical (unpaired) electrons. The van der Waals surface area contributed by atoms with Crippen LogP contribution in [0.5, 0.6) is 0 Å². The molecule has 0 amide bonds. The van der Waals surface area contributed by atoms with Crippen LogP contribution in [0.1, 0.15) is 52.4 Å². The molecule has 1 atom stereocenters. The average molecular weight is 252 g/mol. The summed E-state index contributed by atoms with van der Waals surface area (Å²) in [5, 5.41) is 0. The summed E-state index contributed by atoms with van der Waals surface area (Å²) in [5.41, 5.74) is 0. The quantitative estimate of drug-likeness (QED) is 0.741. The van der Waals surface area contributed by atoms with Crippen molar-refractivity contribution in [1.29, 1.82) is 0 Å². The Hall–Kier alpha value is -0.0800. The van der Waals surface area contributed by atoms with Gasteiger partial charge in [-0.2, -0.15) is 0 Å². The second-order valence-corrected chi connectivity index (χ2v) is 6.57. The third-order valence-electron chi connectivity index (χ3n) is 5.41. The van der Waals surface area contributed by atoms with E-state index in [1.165, 1.54) is 64.7 Å². The third-order valence-corrected chi connectivity index (χ3v) is 5.41. The first-order chi connectivity index (χ1) is 8.72. The molecule has 1 unspecified atom stereocenters. The first-order valence-electron chi connectivity index (χ1n) is 8.15. The molecule has 2 heteroatoms. The van der Waals surface area contributed by atoms with Crippen LogP contribution in [0.25, 0.3) is 0 Å². The molecule has 2 fully saturated rings. The van der Waals surface area contributed by atoms with E-state index in [1.807, 2.05) is 0 Å². The fraction of sp³-hybridized carbons (Fsp3) is 1.00. The minimum absolute atomic E-state index is 0.828. The SMILES string of the molecule is CCC1CCC(CN(C)C2CCN(CC)C2)CC1. The lowest BCUT2D eigenvalue weighted by Gasteiger charge is -2.33. The maximum absolute atomic E-state index is 2.66. The maximum Gasteiger partial charge on any atom is 0.0232 e. The van der Waals surface area contributed by atoms with Crippen molar-refractivity contribution in [3.05, 3.63) is 0 Å². The Morgan fingerprint density at radius 1 is 1.00 bits per heavy atom. The van der Waals surface area contributed by atoms with E-state index in [1.54, 1.807) is 0 Å². The molecule has 0 aromatic carbocycles. The van der Waals surface area contributed by atoms with Gasteiger partial charge in [-0.3, -0.25) is 0 Å². The van der Waals surface area contributed by atoms with E-state index in [9.17, 15) is 0 Å². The summed E-state index contributed by atoms with van der Waals surface area (Å²) in [5.74, 6) is 2.02.